The minimum atomic E-state index is -0.826. The second kappa shape index (κ2) is 5.95. The number of aryl methyl sites for hydroxylation is 1. The molecule has 1 N–H and O–H groups in total. The van der Waals surface area contributed by atoms with Crippen molar-refractivity contribution in [3.8, 4) is 0 Å². The minimum Gasteiger partial charge on any atom is -0.465 e. The molecule has 6 nitrogen and oxygen atoms in total. The van der Waals surface area contributed by atoms with Crippen molar-refractivity contribution in [3.63, 3.8) is 0 Å². The first-order valence-electron chi connectivity index (χ1n) is 8.02. The maximum atomic E-state index is 11.5. The number of nitrogens with zero attached hydrogens (tertiary/aromatic N) is 4. The molecule has 116 valence electrons. The summed E-state index contributed by atoms with van der Waals surface area (Å²) in [4.78, 5) is 20.2. The van der Waals surface area contributed by atoms with Gasteiger partial charge in [-0.15, -0.1) is 0 Å². The van der Waals surface area contributed by atoms with Crippen LogP contribution in [0.3, 0.4) is 0 Å². The van der Waals surface area contributed by atoms with E-state index in [1.54, 1.807) is 4.90 Å². The van der Waals surface area contributed by atoms with E-state index in [9.17, 15) is 9.90 Å². The summed E-state index contributed by atoms with van der Waals surface area (Å²) in [5, 5.41) is 9.43. The molecule has 3 rings (SSSR count). The molecule has 1 unspecified atom stereocenters. The molecule has 21 heavy (non-hydrogen) atoms. The second-order valence-corrected chi connectivity index (χ2v) is 5.93. The van der Waals surface area contributed by atoms with Gasteiger partial charge in [-0.25, -0.2) is 9.78 Å². The van der Waals surface area contributed by atoms with Crippen LogP contribution in [0.25, 0.3) is 0 Å². The Morgan fingerprint density at radius 2 is 2.00 bits per heavy atom. The molecule has 2 aliphatic heterocycles. The van der Waals surface area contributed by atoms with Gasteiger partial charge in [-0.1, -0.05) is 0 Å². The Balaban J connectivity index is 1.90. The number of imidazole rings is 1. The molecule has 0 spiro atoms. The molecule has 0 aromatic carbocycles. The molecule has 3 heterocycles. The number of hydrogen-bond donors (Lipinski definition) is 1. The Hall–Kier alpha value is -1.72. The lowest BCUT2D eigenvalue weighted by Crippen LogP contribution is -2.38. The first-order chi connectivity index (χ1) is 10.2. The minimum absolute atomic E-state index is 0.0902. The van der Waals surface area contributed by atoms with Crippen LogP contribution in [0.2, 0.25) is 0 Å². The van der Waals surface area contributed by atoms with Crippen LogP contribution in [0.1, 0.15) is 50.9 Å². The van der Waals surface area contributed by atoms with Crippen molar-refractivity contribution in [1.29, 1.82) is 0 Å². The molecule has 0 radical (unpaired) electrons. The highest BCUT2D eigenvalue weighted by Gasteiger charge is 2.31. The monoisotopic (exact) mass is 292 g/mol. The molecule has 0 bridgehead atoms. The van der Waals surface area contributed by atoms with E-state index in [2.05, 4.69) is 22.6 Å². The van der Waals surface area contributed by atoms with Crippen LogP contribution in [0.5, 0.6) is 0 Å². The molecular formula is C15H24N4O2. The van der Waals surface area contributed by atoms with Crippen molar-refractivity contribution in [2.75, 3.05) is 24.5 Å². The summed E-state index contributed by atoms with van der Waals surface area (Å²) >= 11 is 0. The van der Waals surface area contributed by atoms with Crippen molar-refractivity contribution >= 4 is 11.9 Å². The summed E-state index contributed by atoms with van der Waals surface area (Å²) in [6, 6.07) is -0.0902. The highest BCUT2D eigenvalue weighted by molar-refractivity contribution is 5.65. The lowest BCUT2D eigenvalue weighted by Gasteiger charge is -2.33. The molecule has 2 saturated heterocycles. The molecule has 1 aromatic rings. The molecular weight excluding hydrogens is 268 g/mol. The molecule has 2 aliphatic rings. The first kappa shape index (κ1) is 14.2. The van der Waals surface area contributed by atoms with Crippen molar-refractivity contribution in [3.05, 3.63) is 12.0 Å². The summed E-state index contributed by atoms with van der Waals surface area (Å²) in [5.74, 6) is 1.93. The predicted molar refractivity (Wildman–Crippen MR) is 80.7 cm³/mol. The van der Waals surface area contributed by atoms with Crippen LogP contribution < -0.4 is 4.90 Å². The lowest BCUT2D eigenvalue weighted by atomic mass is 10.0. The van der Waals surface area contributed by atoms with E-state index < -0.39 is 6.09 Å². The van der Waals surface area contributed by atoms with Crippen molar-refractivity contribution in [2.45, 2.75) is 51.6 Å². The number of hydrogen-bond acceptors (Lipinski definition) is 3. The van der Waals surface area contributed by atoms with E-state index in [1.165, 1.54) is 12.8 Å². The Kier molecular flexibility index (Phi) is 4.03. The fourth-order valence-electron chi connectivity index (χ4n) is 3.46. The number of likely N-dealkylation sites (tertiary alicyclic amines) is 1. The fourth-order valence-corrected chi connectivity index (χ4v) is 3.46. The van der Waals surface area contributed by atoms with Crippen molar-refractivity contribution in [1.82, 2.24) is 14.5 Å². The highest BCUT2D eigenvalue weighted by Crippen LogP contribution is 2.32. The summed E-state index contributed by atoms with van der Waals surface area (Å²) < 4.78 is 2.12. The third-order valence-corrected chi connectivity index (χ3v) is 4.61. The Bertz CT molecular complexity index is 508. The third kappa shape index (κ3) is 2.71. The van der Waals surface area contributed by atoms with Gasteiger partial charge in [0.15, 0.2) is 0 Å². The number of carbonyl (C=O) groups is 1. The number of amides is 1. The van der Waals surface area contributed by atoms with Gasteiger partial charge in [0.1, 0.15) is 11.6 Å². The summed E-state index contributed by atoms with van der Waals surface area (Å²) in [5.41, 5.74) is 0. The topological polar surface area (TPSA) is 61.6 Å². The number of carboxylic acid groups (broad SMARTS) is 1. The largest absolute Gasteiger partial charge is 0.465 e. The molecule has 1 atom stereocenters. The average Bonchev–Trinajstić information content (AvgIpc) is 3.16. The third-order valence-electron chi connectivity index (χ3n) is 4.61. The van der Waals surface area contributed by atoms with Crippen LogP contribution in [-0.2, 0) is 6.54 Å². The quantitative estimate of drug-likeness (QED) is 0.930. The highest BCUT2D eigenvalue weighted by atomic mass is 16.4. The van der Waals surface area contributed by atoms with Crippen LogP contribution in [0.15, 0.2) is 6.20 Å². The van der Waals surface area contributed by atoms with E-state index in [-0.39, 0.29) is 6.04 Å². The summed E-state index contributed by atoms with van der Waals surface area (Å²) in [6.45, 7) is 5.67. The van der Waals surface area contributed by atoms with E-state index in [4.69, 9.17) is 4.98 Å². The average molecular weight is 292 g/mol. The van der Waals surface area contributed by atoms with E-state index in [0.717, 1.165) is 50.5 Å². The number of piperidine rings is 1. The Labute approximate surface area is 125 Å². The number of aromatic nitrogens is 2. The van der Waals surface area contributed by atoms with Gasteiger partial charge in [0.25, 0.3) is 0 Å². The zero-order valence-corrected chi connectivity index (χ0v) is 12.7. The van der Waals surface area contributed by atoms with E-state index in [1.807, 2.05) is 0 Å². The number of anilines is 1. The van der Waals surface area contributed by atoms with Gasteiger partial charge < -0.3 is 14.6 Å². The van der Waals surface area contributed by atoms with Crippen LogP contribution in [-0.4, -0.2) is 45.3 Å². The summed E-state index contributed by atoms with van der Waals surface area (Å²) in [7, 11) is 0. The SMILES string of the molecule is CCn1cc(N2CCCC2)nc1C1CCCCN1C(=O)O. The van der Waals surface area contributed by atoms with Gasteiger partial charge in [-0.05, 0) is 39.0 Å². The van der Waals surface area contributed by atoms with E-state index in [0.29, 0.717) is 6.54 Å². The molecule has 1 amide bonds. The molecule has 2 fully saturated rings. The molecule has 0 saturated carbocycles. The van der Waals surface area contributed by atoms with Crippen LogP contribution in [0.4, 0.5) is 10.6 Å². The van der Waals surface area contributed by atoms with E-state index >= 15 is 0 Å². The summed E-state index contributed by atoms with van der Waals surface area (Å²) in [6.07, 6.45) is 6.61. The Morgan fingerprint density at radius 3 is 2.67 bits per heavy atom. The Morgan fingerprint density at radius 1 is 1.29 bits per heavy atom. The zero-order valence-electron chi connectivity index (χ0n) is 12.7. The maximum Gasteiger partial charge on any atom is 0.407 e. The fraction of sp³-hybridized carbons (Fsp3) is 0.733. The molecule has 6 heteroatoms. The maximum absolute atomic E-state index is 11.5. The normalized spacial score (nSPS) is 22.8. The predicted octanol–water partition coefficient (Wildman–Crippen LogP) is 2.71. The molecule has 0 aliphatic carbocycles. The van der Waals surface area contributed by atoms with Crippen LogP contribution >= 0.6 is 0 Å². The zero-order chi connectivity index (χ0) is 14.8. The molecule has 1 aromatic heterocycles. The van der Waals surface area contributed by atoms with Gasteiger partial charge in [0, 0.05) is 32.4 Å². The van der Waals surface area contributed by atoms with Crippen LogP contribution in [0, 0.1) is 0 Å². The first-order valence-corrected chi connectivity index (χ1v) is 8.02. The second-order valence-electron chi connectivity index (χ2n) is 5.93. The van der Waals surface area contributed by atoms with Gasteiger partial charge in [0.05, 0.1) is 6.04 Å². The number of rotatable bonds is 3. The van der Waals surface area contributed by atoms with Crippen molar-refractivity contribution < 1.29 is 9.90 Å². The smallest absolute Gasteiger partial charge is 0.407 e. The van der Waals surface area contributed by atoms with Gasteiger partial charge in [-0.2, -0.15) is 0 Å². The van der Waals surface area contributed by atoms with Gasteiger partial charge in [0.2, 0.25) is 0 Å². The standard InChI is InChI=1S/C15H24N4O2/c1-2-17-11-13(18-8-5-6-9-18)16-14(17)12-7-3-4-10-19(12)15(20)21/h11-12H,2-10H2,1H3,(H,20,21). The van der Waals surface area contributed by atoms with Gasteiger partial charge >= 0.3 is 6.09 Å². The van der Waals surface area contributed by atoms with Crippen molar-refractivity contribution in [2.24, 2.45) is 0 Å². The van der Waals surface area contributed by atoms with Gasteiger partial charge in [-0.3, -0.25) is 4.90 Å². The lowest BCUT2D eigenvalue weighted by molar-refractivity contribution is 0.102.